The zero-order valence-electron chi connectivity index (χ0n) is 12.9. The monoisotopic (exact) mass is 311 g/mol. The van der Waals surface area contributed by atoms with Gasteiger partial charge >= 0.3 is 0 Å². The highest BCUT2D eigenvalue weighted by Gasteiger charge is 2.20. The first-order valence-electron chi connectivity index (χ1n) is 7.57. The summed E-state index contributed by atoms with van der Waals surface area (Å²) in [5.74, 6) is 0. The number of hydrogen-bond acceptors (Lipinski definition) is 4. The average Bonchev–Trinajstić information content (AvgIpc) is 2.91. The van der Waals surface area contributed by atoms with Crippen LogP contribution < -0.4 is 10.6 Å². The van der Waals surface area contributed by atoms with E-state index in [0.29, 0.717) is 6.04 Å². The van der Waals surface area contributed by atoms with Gasteiger partial charge in [0.1, 0.15) is 0 Å². The van der Waals surface area contributed by atoms with E-state index in [2.05, 4.69) is 41.8 Å². The molecule has 1 aromatic rings. The smallest absolute Gasteiger partial charge is 0.0668 e. The highest BCUT2D eigenvalue weighted by molar-refractivity contribution is 5.85. The van der Waals surface area contributed by atoms with E-state index in [1.54, 1.807) is 0 Å². The Hall–Kier alpha value is -0.810. The Kier molecular flexibility index (Phi) is 5.88. The van der Waals surface area contributed by atoms with Crippen LogP contribution in [0.4, 0.5) is 5.69 Å². The molecule has 5 heteroatoms. The zero-order chi connectivity index (χ0) is 13.9. The van der Waals surface area contributed by atoms with Crippen molar-refractivity contribution in [2.75, 3.05) is 39.2 Å². The van der Waals surface area contributed by atoms with Gasteiger partial charge in [0.05, 0.1) is 12.6 Å². The van der Waals surface area contributed by atoms with Gasteiger partial charge in [-0.05, 0) is 56.2 Å². The second-order valence-electron chi connectivity index (χ2n) is 6.15. The summed E-state index contributed by atoms with van der Waals surface area (Å²) in [6.07, 6.45) is 2.24. The molecule has 0 saturated carbocycles. The van der Waals surface area contributed by atoms with E-state index in [0.717, 1.165) is 45.7 Å². The maximum Gasteiger partial charge on any atom is 0.0668 e. The molecule has 0 radical (unpaired) electrons. The number of benzene rings is 1. The average molecular weight is 312 g/mol. The van der Waals surface area contributed by atoms with Crippen LogP contribution in [-0.4, -0.2) is 44.8 Å². The fourth-order valence-corrected chi connectivity index (χ4v) is 3.12. The second kappa shape index (κ2) is 7.45. The van der Waals surface area contributed by atoms with Crippen LogP contribution in [0.3, 0.4) is 0 Å². The zero-order valence-corrected chi connectivity index (χ0v) is 13.8. The minimum Gasteiger partial charge on any atom is -0.380 e. The van der Waals surface area contributed by atoms with E-state index < -0.39 is 0 Å². The molecule has 2 N–H and O–H groups in total. The molecule has 2 heterocycles. The van der Waals surface area contributed by atoms with Crippen LogP contribution in [0.15, 0.2) is 12.1 Å². The van der Waals surface area contributed by atoms with Gasteiger partial charge in [-0.1, -0.05) is 6.07 Å². The molecule has 0 bridgehead atoms. The van der Waals surface area contributed by atoms with Crippen molar-refractivity contribution in [2.45, 2.75) is 32.0 Å². The molecular formula is C16H26ClN3O. The summed E-state index contributed by atoms with van der Waals surface area (Å²) in [5, 5.41) is 7.18. The minimum absolute atomic E-state index is 0. The normalized spacial score (nSPS) is 21.0. The molecule has 3 rings (SSSR count). The minimum atomic E-state index is 0. The number of halogens is 1. The van der Waals surface area contributed by atoms with Crippen molar-refractivity contribution in [3.63, 3.8) is 0 Å². The Labute approximate surface area is 133 Å². The molecule has 0 aliphatic carbocycles. The van der Waals surface area contributed by atoms with Crippen LogP contribution in [0.2, 0.25) is 0 Å². The van der Waals surface area contributed by atoms with Crippen LogP contribution in [0, 0.1) is 0 Å². The maximum atomic E-state index is 5.48. The van der Waals surface area contributed by atoms with Crippen LogP contribution in [0.25, 0.3) is 0 Å². The second-order valence-corrected chi connectivity index (χ2v) is 6.15. The Balaban J connectivity index is 0.00000161. The lowest BCUT2D eigenvalue weighted by molar-refractivity contribution is 0.195. The third-order valence-corrected chi connectivity index (χ3v) is 4.06. The molecule has 1 atom stereocenters. The highest BCUT2D eigenvalue weighted by Crippen LogP contribution is 2.27. The first kappa shape index (κ1) is 16.6. The Morgan fingerprint density at radius 1 is 1.38 bits per heavy atom. The van der Waals surface area contributed by atoms with E-state index >= 15 is 0 Å². The SMILES string of the molecule is CN(C)Cc1cc2c(c(N[C@H]3CCOC3)c1)CNCC2.Cl. The fraction of sp³-hybridized carbons (Fsp3) is 0.625. The Bertz CT molecular complexity index is 473. The van der Waals surface area contributed by atoms with Gasteiger partial charge in [0.25, 0.3) is 0 Å². The molecule has 0 unspecified atom stereocenters. The van der Waals surface area contributed by atoms with Gasteiger partial charge in [-0.15, -0.1) is 12.4 Å². The van der Waals surface area contributed by atoms with Crippen molar-refractivity contribution in [1.82, 2.24) is 10.2 Å². The molecule has 1 saturated heterocycles. The number of hydrogen-bond donors (Lipinski definition) is 2. The number of rotatable bonds is 4. The third-order valence-electron chi connectivity index (χ3n) is 4.06. The summed E-state index contributed by atoms with van der Waals surface area (Å²) in [6, 6.07) is 5.17. The summed E-state index contributed by atoms with van der Waals surface area (Å²) in [5.41, 5.74) is 5.66. The van der Waals surface area contributed by atoms with Gasteiger partial charge in [-0.2, -0.15) is 0 Å². The standard InChI is InChI=1S/C16H25N3O.ClH/c1-19(2)10-12-7-13-3-5-17-9-15(13)16(8-12)18-14-4-6-20-11-14;/h7-8,14,17-18H,3-6,9-11H2,1-2H3;1H/t14-;/m0./s1. The van der Waals surface area contributed by atoms with Crippen molar-refractivity contribution >= 4 is 18.1 Å². The topological polar surface area (TPSA) is 36.5 Å². The molecule has 2 aliphatic rings. The van der Waals surface area contributed by atoms with Gasteiger partial charge in [0.2, 0.25) is 0 Å². The van der Waals surface area contributed by atoms with Gasteiger partial charge < -0.3 is 20.3 Å². The fourth-order valence-electron chi connectivity index (χ4n) is 3.12. The lowest BCUT2D eigenvalue weighted by atomic mass is 9.95. The largest absolute Gasteiger partial charge is 0.380 e. The van der Waals surface area contributed by atoms with Crippen molar-refractivity contribution < 1.29 is 4.74 Å². The van der Waals surface area contributed by atoms with Gasteiger partial charge in [-0.3, -0.25) is 0 Å². The molecule has 0 amide bonds. The van der Waals surface area contributed by atoms with Gasteiger partial charge in [-0.25, -0.2) is 0 Å². The van der Waals surface area contributed by atoms with Crippen molar-refractivity contribution in [3.8, 4) is 0 Å². The molecule has 0 aromatic heterocycles. The predicted molar refractivity (Wildman–Crippen MR) is 89.3 cm³/mol. The summed E-state index contributed by atoms with van der Waals surface area (Å²) in [7, 11) is 4.25. The number of fused-ring (bicyclic) bond motifs is 1. The maximum absolute atomic E-state index is 5.48. The summed E-state index contributed by atoms with van der Waals surface area (Å²) < 4.78 is 5.48. The van der Waals surface area contributed by atoms with Crippen molar-refractivity contribution in [1.29, 1.82) is 0 Å². The number of nitrogens with one attached hydrogen (secondary N) is 2. The Morgan fingerprint density at radius 2 is 2.24 bits per heavy atom. The van der Waals surface area contributed by atoms with Crippen molar-refractivity contribution in [3.05, 3.63) is 28.8 Å². The van der Waals surface area contributed by atoms with E-state index in [4.69, 9.17) is 4.74 Å². The van der Waals surface area contributed by atoms with Crippen LogP contribution in [0.1, 0.15) is 23.1 Å². The molecule has 118 valence electrons. The number of ether oxygens (including phenoxy) is 1. The van der Waals surface area contributed by atoms with Gasteiger partial charge in [0.15, 0.2) is 0 Å². The number of nitrogens with zero attached hydrogens (tertiary/aromatic N) is 1. The van der Waals surface area contributed by atoms with Gasteiger partial charge in [0, 0.05) is 25.4 Å². The molecule has 21 heavy (non-hydrogen) atoms. The van der Waals surface area contributed by atoms with E-state index in [9.17, 15) is 0 Å². The highest BCUT2D eigenvalue weighted by atomic mass is 35.5. The molecular weight excluding hydrogens is 286 g/mol. The molecule has 2 aliphatic heterocycles. The summed E-state index contributed by atoms with van der Waals surface area (Å²) in [6.45, 7) is 4.78. The lowest BCUT2D eigenvalue weighted by Gasteiger charge is -2.25. The van der Waals surface area contributed by atoms with Crippen LogP contribution in [0.5, 0.6) is 0 Å². The first-order chi connectivity index (χ1) is 9.72. The molecule has 1 aromatic carbocycles. The summed E-state index contributed by atoms with van der Waals surface area (Å²) >= 11 is 0. The molecule has 0 spiro atoms. The molecule has 1 fully saturated rings. The quantitative estimate of drug-likeness (QED) is 0.892. The van der Waals surface area contributed by atoms with Crippen LogP contribution in [-0.2, 0) is 24.2 Å². The van der Waals surface area contributed by atoms with E-state index in [1.807, 2.05) is 0 Å². The van der Waals surface area contributed by atoms with E-state index in [-0.39, 0.29) is 12.4 Å². The van der Waals surface area contributed by atoms with Crippen molar-refractivity contribution in [2.24, 2.45) is 0 Å². The predicted octanol–water partition coefficient (Wildman–Crippen LogP) is 2.02. The van der Waals surface area contributed by atoms with E-state index in [1.165, 1.54) is 22.4 Å². The Morgan fingerprint density at radius 3 is 2.95 bits per heavy atom. The van der Waals surface area contributed by atoms with Crippen LogP contribution >= 0.6 is 12.4 Å². The molecule has 4 nitrogen and oxygen atoms in total. The lowest BCUT2D eigenvalue weighted by Crippen LogP contribution is -2.27. The number of anilines is 1. The first-order valence-corrected chi connectivity index (χ1v) is 7.57. The summed E-state index contributed by atoms with van der Waals surface area (Å²) in [4.78, 5) is 2.23. The third kappa shape index (κ3) is 4.10.